The first-order valence-electron chi connectivity index (χ1n) is 26.5. The van der Waals surface area contributed by atoms with Crippen LogP contribution in [0.25, 0.3) is 0 Å². The van der Waals surface area contributed by atoms with Crippen LogP contribution in [0.5, 0.6) is 23.0 Å². The van der Waals surface area contributed by atoms with Crippen molar-refractivity contribution in [3.63, 3.8) is 0 Å². The highest BCUT2D eigenvalue weighted by Crippen LogP contribution is 2.59. The Morgan fingerprint density at radius 2 is 1.78 bits per heavy atom. The summed E-state index contributed by atoms with van der Waals surface area (Å²) in [7, 11) is 5.24. The van der Waals surface area contributed by atoms with Gasteiger partial charge >= 0.3 is 0 Å². The molecule has 8 aliphatic rings. The number of aliphatic hydroxyl groups is 4. The number of nitrogens with zero attached hydrogens (tertiary/aromatic N) is 1. The molecule has 16 heteroatoms. The molecule has 10 rings (SSSR count). The SMILES string of the molecule is CO[C@H](CO)[C@@H]1CC[C@@H]2C#C[C@@H]3NC(N)=N[C@@H](C(C)C)CSSC[C@H]3[C@@H]3Cc4c5cc(c(c4O[C@H]3O)OCN[C@@]23CC2(CCCC2)CC[C@@H]3C1)CC#Cc1c(ccc(O)c1OCO)CCC(=O)C[C@H](O)CC5. The van der Waals surface area contributed by atoms with Crippen molar-refractivity contribution in [2.24, 2.45) is 51.6 Å². The summed E-state index contributed by atoms with van der Waals surface area (Å²) in [4.78, 5) is 18.4. The third-order valence-electron chi connectivity index (χ3n) is 17.5. The van der Waals surface area contributed by atoms with Gasteiger partial charge in [0.15, 0.2) is 35.8 Å². The van der Waals surface area contributed by atoms with E-state index in [1.165, 1.54) is 31.7 Å². The van der Waals surface area contributed by atoms with E-state index in [4.69, 9.17) is 29.7 Å². The molecule has 0 amide bonds. The Morgan fingerprint density at radius 3 is 2.56 bits per heavy atom. The highest BCUT2D eigenvalue weighted by atomic mass is 33.1. The maximum atomic E-state index is 13.4. The molecule has 9 N–H and O–H groups in total. The van der Waals surface area contributed by atoms with E-state index >= 15 is 0 Å². The van der Waals surface area contributed by atoms with E-state index in [-0.39, 0.29) is 97.0 Å². The molecule has 6 bridgehead atoms. The van der Waals surface area contributed by atoms with Crippen LogP contribution in [-0.4, -0.2) is 112 Å². The van der Waals surface area contributed by atoms with Crippen molar-refractivity contribution in [1.29, 1.82) is 0 Å². The molecular weight excluding hydrogens is 953 g/mol. The number of phenolic OH excluding ortho intramolecular Hbond substituents is 1. The predicted molar refractivity (Wildman–Crippen MR) is 281 cm³/mol. The van der Waals surface area contributed by atoms with E-state index in [9.17, 15) is 30.3 Å². The zero-order chi connectivity index (χ0) is 50.6. The molecule has 2 aromatic carbocycles. The Morgan fingerprint density at radius 1 is 0.958 bits per heavy atom. The lowest BCUT2D eigenvalue weighted by Gasteiger charge is -2.54. The van der Waals surface area contributed by atoms with E-state index in [0.29, 0.717) is 60.0 Å². The molecular formula is C56H76N4O10S2. The number of hydrogen-bond acceptors (Lipinski definition) is 16. The molecule has 4 aliphatic carbocycles. The number of nitrogens with one attached hydrogen (secondary N) is 2. The number of phenols is 1. The third kappa shape index (κ3) is 11.4. The molecule has 3 saturated carbocycles. The minimum absolute atomic E-state index is 0.00679. The van der Waals surface area contributed by atoms with Gasteiger partial charge in [0.05, 0.1) is 36.5 Å². The number of aliphatic hydroxyl groups excluding tert-OH is 4. The number of ketones is 1. The summed E-state index contributed by atoms with van der Waals surface area (Å²) in [6.07, 6.45) is 9.77. The van der Waals surface area contributed by atoms with Crippen LogP contribution in [0.15, 0.2) is 23.2 Å². The average Bonchev–Trinajstić information content (AvgIpc) is 3.74. The largest absolute Gasteiger partial charge is 0.504 e. The summed E-state index contributed by atoms with van der Waals surface area (Å²) in [6.45, 7) is 3.72. The molecule has 0 saturated heterocycles. The fourth-order valence-corrected chi connectivity index (χ4v) is 16.3. The number of carbonyl (C=O) groups is 1. The quantitative estimate of drug-likeness (QED) is 0.0924. The number of nitrogens with two attached hydrogens (primary N) is 1. The topological polar surface area (TPSA) is 218 Å². The summed E-state index contributed by atoms with van der Waals surface area (Å²) < 4.78 is 25.4. The molecule has 3 fully saturated rings. The molecule has 4 aliphatic heterocycles. The summed E-state index contributed by atoms with van der Waals surface area (Å²) >= 11 is 0. The van der Waals surface area contributed by atoms with E-state index in [1.807, 2.05) is 0 Å². The normalized spacial score (nSPS) is 32.2. The van der Waals surface area contributed by atoms with Crippen molar-refractivity contribution in [2.45, 2.75) is 159 Å². The van der Waals surface area contributed by atoms with Gasteiger partial charge in [0, 0.05) is 72.3 Å². The molecule has 2 spiro atoms. The van der Waals surface area contributed by atoms with E-state index in [1.54, 1.807) is 34.8 Å². The van der Waals surface area contributed by atoms with Gasteiger partial charge in [0.1, 0.15) is 12.5 Å². The summed E-state index contributed by atoms with van der Waals surface area (Å²) in [5, 5.41) is 63.0. The lowest BCUT2D eigenvalue weighted by Crippen LogP contribution is -2.61. The van der Waals surface area contributed by atoms with Crippen molar-refractivity contribution in [2.75, 3.05) is 38.7 Å². The van der Waals surface area contributed by atoms with E-state index in [0.717, 1.165) is 61.0 Å². The van der Waals surface area contributed by atoms with Gasteiger partial charge in [-0.2, -0.15) is 0 Å². The summed E-state index contributed by atoms with van der Waals surface area (Å²) in [6, 6.07) is 4.78. The van der Waals surface area contributed by atoms with E-state index in [2.05, 4.69) is 54.2 Å². The van der Waals surface area contributed by atoms with Crippen molar-refractivity contribution >= 4 is 33.3 Å². The standard InChI is InChI=1S/C56H76N4O10S2/c1-33(2)47-29-72-71-28-45-44-26-43-35-11-16-41(64)25-40(63)15-10-34-12-18-48(65)51(69-32-62)42(34)8-6-7-37(23-35)50(52(43)70-53(44)66)68-31-58-56-30-55(20-4-5-21-55)22-19-39(56)24-36(49(27-61)67-3)9-13-38(56)14-17-46(45)59-54(57)60-47/h12,18,23,33,36,38-39,41,44-47,49,53,58,61-62,64-66H,4-5,7,9-11,13,15-16,19-22,24-32H2,1-3H3,(H3,57,59,60)/t36-,38-,39-,41-,44+,45+,46+,47-,49-,53-,56+/m1/s1. The number of guanidine groups is 1. The maximum absolute atomic E-state index is 13.4. The fraction of sp³-hybridized carbons (Fsp3) is 0.679. The summed E-state index contributed by atoms with van der Waals surface area (Å²) in [5.41, 5.74) is 10.2. The van der Waals surface area contributed by atoms with Gasteiger partial charge in [0.2, 0.25) is 6.29 Å². The Hall–Kier alpha value is -3.84. The van der Waals surface area contributed by atoms with Crippen molar-refractivity contribution in [3.05, 3.63) is 46.0 Å². The van der Waals surface area contributed by atoms with Gasteiger partial charge in [-0.25, -0.2) is 4.99 Å². The highest BCUT2D eigenvalue weighted by Gasteiger charge is 2.56. The minimum atomic E-state index is -1.25. The number of rotatable bonds is 6. The number of aryl methyl sites for hydroxylation is 2. The highest BCUT2D eigenvalue weighted by molar-refractivity contribution is 8.76. The smallest absolute Gasteiger partial charge is 0.201 e. The first-order chi connectivity index (χ1) is 34.8. The number of methoxy groups -OCH3 is 1. The number of Topliss-reactive ketones (excluding diaryl/α,β-unsaturated/α-hetero) is 1. The third-order valence-corrected chi connectivity index (χ3v) is 19.9. The second-order valence-corrected chi connectivity index (χ2v) is 24.6. The molecule has 2 aromatic rings. The molecule has 392 valence electrons. The molecule has 0 unspecified atom stereocenters. The Balaban J connectivity index is 1.22. The van der Waals surface area contributed by atoms with Gasteiger partial charge in [0.25, 0.3) is 0 Å². The van der Waals surface area contributed by atoms with Gasteiger partial charge in [-0.1, -0.05) is 84.1 Å². The first kappa shape index (κ1) is 53.0. The predicted octanol–water partition coefficient (Wildman–Crippen LogP) is 6.16. The monoisotopic (exact) mass is 1030 g/mol. The number of hydrogen-bond donors (Lipinski definition) is 8. The van der Waals surface area contributed by atoms with Crippen molar-refractivity contribution in [3.8, 4) is 46.7 Å². The van der Waals surface area contributed by atoms with Crippen LogP contribution >= 0.6 is 21.6 Å². The van der Waals surface area contributed by atoms with Gasteiger partial charge in [-0.15, -0.1) is 0 Å². The Kier molecular flexibility index (Phi) is 17.2. The lowest BCUT2D eigenvalue weighted by molar-refractivity contribution is -0.121. The zero-order valence-corrected chi connectivity index (χ0v) is 43.9. The molecule has 4 heterocycles. The van der Waals surface area contributed by atoms with Gasteiger partial charge in [-0.05, 0) is 117 Å². The summed E-state index contributed by atoms with van der Waals surface area (Å²) in [5.74, 6) is 16.6. The lowest BCUT2D eigenvalue weighted by atomic mass is 9.56. The molecule has 0 aromatic heterocycles. The number of aliphatic imine (C=N–C) groups is 1. The second-order valence-electron chi connectivity index (χ2n) is 22.0. The average molecular weight is 1030 g/mol. The van der Waals surface area contributed by atoms with Crippen LogP contribution < -0.4 is 30.6 Å². The Labute approximate surface area is 433 Å². The number of carbonyl (C=O) groups excluding carboxylic acids is 1. The molecule has 14 nitrogen and oxygen atoms in total. The minimum Gasteiger partial charge on any atom is -0.504 e. The van der Waals surface area contributed by atoms with Crippen LogP contribution in [0, 0.1) is 64.6 Å². The zero-order valence-electron chi connectivity index (χ0n) is 42.3. The van der Waals surface area contributed by atoms with E-state index < -0.39 is 36.7 Å². The second kappa shape index (κ2) is 23.4. The molecule has 0 radical (unpaired) electrons. The number of aromatic hydroxyl groups is 1. The van der Waals surface area contributed by atoms with Crippen LogP contribution in [0.4, 0.5) is 0 Å². The number of fused-ring (bicyclic) bond motifs is 6. The fourth-order valence-electron chi connectivity index (χ4n) is 13.5. The van der Waals surface area contributed by atoms with Gasteiger partial charge in [-0.3, -0.25) is 10.1 Å². The number of benzene rings is 2. The van der Waals surface area contributed by atoms with Crippen molar-refractivity contribution < 1.29 is 49.3 Å². The molecule has 72 heavy (non-hydrogen) atoms. The van der Waals surface area contributed by atoms with Crippen LogP contribution in [0.1, 0.15) is 125 Å². The maximum Gasteiger partial charge on any atom is 0.201 e. The van der Waals surface area contributed by atoms with Crippen LogP contribution in [0.3, 0.4) is 0 Å². The van der Waals surface area contributed by atoms with Crippen LogP contribution in [-0.2, 0) is 35.2 Å². The Bertz CT molecular complexity index is 2420. The number of ether oxygens (including phenoxy) is 4. The van der Waals surface area contributed by atoms with Crippen molar-refractivity contribution in [1.82, 2.24) is 10.6 Å². The molecule has 11 atom stereocenters. The first-order valence-corrected chi connectivity index (χ1v) is 29.0. The van der Waals surface area contributed by atoms with Gasteiger partial charge < -0.3 is 55.5 Å². The van der Waals surface area contributed by atoms with Crippen LogP contribution in [0.2, 0.25) is 0 Å².